The number of rotatable bonds is 22. The molecular weight excluding hydrogens is 668 g/mol. The van der Waals surface area contributed by atoms with Gasteiger partial charge in [-0.15, -0.1) is 0 Å². The fourth-order valence-corrected chi connectivity index (χ4v) is 10.5. The van der Waals surface area contributed by atoms with E-state index in [9.17, 15) is 14.4 Å². The van der Waals surface area contributed by atoms with Gasteiger partial charge in [-0.05, 0) is 105 Å². The number of ketones is 1. The molecule has 0 saturated heterocycles. The lowest BCUT2D eigenvalue weighted by atomic mass is 9.47. The topological polar surface area (TPSA) is 112 Å². The van der Waals surface area contributed by atoms with Crippen LogP contribution in [0.3, 0.4) is 0 Å². The van der Waals surface area contributed by atoms with Crippen LogP contribution in [0.15, 0.2) is 11.6 Å². The maximum atomic E-state index is 12.7. The molecule has 8 atom stereocenters. The second-order valence-electron chi connectivity index (χ2n) is 17.2. The molecule has 3 fully saturated rings. The summed E-state index contributed by atoms with van der Waals surface area (Å²) in [5.41, 5.74) is 2.32. The number of alkyl carbamates (subject to hydrolysis) is 1. The monoisotopic (exact) mass is 755 g/mol. The van der Waals surface area contributed by atoms with E-state index in [1.807, 2.05) is 13.8 Å². The molecule has 314 valence electrons. The summed E-state index contributed by atoms with van der Waals surface area (Å²) in [7, 11) is 0. The number of hydrogen-bond donors (Lipinski definition) is 2. The molecule has 9 nitrogen and oxygen atoms in total. The first kappa shape index (κ1) is 45.4. The van der Waals surface area contributed by atoms with Crippen LogP contribution >= 0.6 is 0 Å². The average Bonchev–Trinajstić information content (AvgIpc) is 3.49. The number of allylic oxidation sites excluding steroid dienone is 1. The molecule has 9 heteroatoms. The largest absolute Gasteiger partial charge is 0.446 e. The summed E-state index contributed by atoms with van der Waals surface area (Å²) in [6.45, 7) is 21.7. The van der Waals surface area contributed by atoms with Crippen molar-refractivity contribution in [3.63, 3.8) is 0 Å². The lowest BCUT2D eigenvalue weighted by Gasteiger charge is -2.58. The Morgan fingerprint density at radius 1 is 0.811 bits per heavy atom. The molecule has 4 rings (SSSR count). The fourth-order valence-electron chi connectivity index (χ4n) is 10.5. The SMILES string of the molecule is CC.CC(=O)CCC(=O)NCCOCCOCCOCCCNC(=O)OC1CC[C@@]2(C)C(=CC[C@@H]3C2CC[C@@]2(C)C3CC[C@@H]2C(C)CCCC(C)C)C1.[HH].[HH].[HH].[HH]. The first-order valence-corrected chi connectivity index (χ1v) is 21.6. The fraction of sp³-hybridized carbons (Fsp3) is 0.886. The molecular formula is C44H86N2O7. The predicted molar refractivity (Wildman–Crippen MR) is 221 cm³/mol. The van der Waals surface area contributed by atoms with Crippen LogP contribution in [0.1, 0.15) is 151 Å². The molecule has 4 unspecified atom stereocenters. The first-order chi connectivity index (χ1) is 25.4. The van der Waals surface area contributed by atoms with Gasteiger partial charge in [-0.25, -0.2) is 4.79 Å². The highest BCUT2D eigenvalue weighted by atomic mass is 16.6. The summed E-state index contributed by atoms with van der Waals surface area (Å²) in [4.78, 5) is 35.1. The minimum absolute atomic E-state index is 0. The number of carbonyl (C=O) groups is 3. The van der Waals surface area contributed by atoms with Crippen molar-refractivity contribution in [1.29, 1.82) is 0 Å². The van der Waals surface area contributed by atoms with Crippen LogP contribution in [-0.4, -0.2) is 76.6 Å². The molecule has 2 N–H and O–H groups in total. The molecule has 4 aliphatic carbocycles. The molecule has 0 radical (unpaired) electrons. The van der Waals surface area contributed by atoms with Crippen LogP contribution in [0.2, 0.25) is 0 Å². The average molecular weight is 755 g/mol. The Morgan fingerprint density at radius 2 is 1.51 bits per heavy atom. The lowest BCUT2D eigenvalue weighted by Crippen LogP contribution is -2.51. The van der Waals surface area contributed by atoms with Crippen molar-refractivity contribution in [3.05, 3.63) is 11.6 Å². The van der Waals surface area contributed by atoms with Crippen molar-refractivity contribution in [2.24, 2.45) is 46.3 Å². The minimum atomic E-state index is -0.315. The van der Waals surface area contributed by atoms with E-state index < -0.39 is 0 Å². The molecule has 0 aliphatic heterocycles. The number of carbonyl (C=O) groups excluding carboxylic acids is 3. The number of nitrogens with one attached hydrogen (secondary N) is 2. The summed E-state index contributed by atoms with van der Waals surface area (Å²) in [6.07, 6.45) is 17.4. The molecule has 0 bridgehead atoms. The summed E-state index contributed by atoms with van der Waals surface area (Å²) < 4.78 is 22.5. The van der Waals surface area contributed by atoms with Crippen LogP contribution in [0.5, 0.6) is 0 Å². The zero-order chi connectivity index (χ0) is 38.9. The van der Waals surface area contributed by atoms with Crippen LogP contribution < -0.4 is 10.6 Å². The van der Waals surface area contributed by atoms with Crippen LogP contribution in [0.25, 0.3) is 0 Å². The highest BCUT2D eigenvalue weighted by Crippen LogP contribution is 2.67. The van der Waals surface area contributed by atoms with E-state index in [-0.39, 0.29) is 47.9 Å². The summed E-state index contributed by atoms with van der Waals surface area (Å²) in [5.74, 6) is 4.87. The maximum Gasteiger partial charge on any atom is 0.407 e. The lowest BCUT2D eigenvalue weighted by molar-refractivity contribution is -0.124. The van der Waals surface area contributed by atoms with Crippen LogP contribution in [-0.2, 0) is 28.5 Å². The normalized spacial score (nSPS) is 29.5. The third-order valence-electron chi connectivity index (χ3n) is 13.3. The van der Waals surface area contributed by atoms with Crippen molar-refractivity contribution >= 4 is 17.8 Å². The molecule has 0 heterocycles. The molecule has 4 aliphatic rings. The van der Waals surface area contributed by atoms with E-state index in [2.05, 4.69) is 51.3 Å². The van der Waals surface area contributed by atoms with Gasteiger partial charge >= 0.3 is 6.09 Å². The van der Waals surface area contributed by atoms with Gasteiger partial charge in [0.2, 0.25) is 5.91 Å². The zero-order valence-corrected chi connectivity index (χ0v) is 35.0. The van der Waals surface area contributed by atoms with Crippen molar-refractivity contribution in [1.82, 2.24) is 10.6 Å². The zero-order valence-electron chi connectivity index (χ0n) is 35.0. The van der Waals surface area contributed by atoms with Gasteiger partial charge in [0, 0.05) is 44.7 Å². The van der Waals surface area contributed by atoms with Gasteiger partial charge in [0.05, 0.1) is 33.0 Å². The Kier molecular flexibility index (Phi) is 19.9. The van der Waals surface area contributed by atoms with Gasteiger partial charge in [0.15, 0.2) is 0 Å². The Labute approximate surface area is 329 Å². The summed E-state index contributed by atoms with van der Waals surface area (Å²) in [6, 6.07) is 0. The quantitative estimate of drug-likeness (QED) is 0.0836. The van der Waals surface area contributed by atoms with Gasteiger partial charge in [0.25, 0.3) is 0 Å². The molecule has 3 saturated carbocycles. The molecule has 53 heavy (non-hydrogen) atoms. The van der Waals surface area contributed by atoms with Gasteiger partial charge in [-0.3, -0.25) is 4.79 Å². The van der Waals surface area contributed by atoms with Gasteiger partial charge < -0.3 is 34.4 Å². The van der Waals surface area contributed by atoms with Gasteiger partial charge in [0.1, 0.15) is 11.9 Å². The first-order valence-electron chi connectivity index (χ1n) is 21.6. The van der Waals surface area contributed by atoms with E-state index >= 15 is 0 Å². The number of amides is 2. The summed E-state index contributed by atoms with van der Waals surface area (Å²) >= 11 is 0. The molecule has 0 aromatic heterocycles. The molecule has 2 amide bonds. The van der Waals surface area contributed by atoms with Gasteiger partial charge in [-0.2, -0.15) is 0 Å². The molecule has 0 aromatic rings. The Bertz CT molecular complexity index is 1160. The second-order valence-corrected chi connectivity index (χ2v) is 17.2. The molecule has 0 aromatic carbocycles. The minimum Gasteiger partial charge on any atom is -0.446 e. The van der Waals surface area contributed by atoms with E-state index in [1.54, 1.807) is 5.57 Å². The third kappa shape index (κ3) is 13.6. The number of Topliss-reactive ketones (excluding diaryl/α,β-unsaturated/α-hetero) is 1. The number of hydrogen-bond acceptors (Lipinski definition) is 7. The van der Waals surface area contributed by atoms with Crippen molar-refractivity contribution in [2.75, 3.05) is 52.7 Å². The highest BCUT2D eigenvalue weighted by molar-refractivity contribution is 5.83. The standard InChI is InChI=1S/C42H72N2O7.C2H6.4H2/c1-30(2)9-7-10-31(3)36-14-15-37-35-13-12-33-29-34(17-19-41(33,5)38(35)18-20-42(36,37)6)51-40(47)44-21-8-23-48-25-27-50-28-26-49-24-22-43-39(46)16-11-32(4)45;1-2;;;;/h12,30-31,34-38H,7-11,13-29H2,1-6H3,(H,43,46)(H,44,47);1-2H3;4*1H/t31?,34?,35-,36+,37?,38?,41-,42+;;;;;/m0...../s1. The van der Waals surface area contributed by atoms with E-state index in [0.717, 1.165) is 54.8 Å². The third-order valence-corrected chi connectivity index (χ3v) is 13.3. The van der Waals surface area contributed by atoms with Crippen molar-refractivity contribution in [2.45, 2.75) is 151 Å². The predicted octanol–water partition coefficient (Wildman–Crippen LogP) is 10.1. The Morgan fingerprint density at radius 3 is 2.21 bits per heavy atom. The van der Waals surface area contributed by atoms with Gasteiger partial charge in [-0.1, -0.05) is 79.4 Å². The summed E-state index contributed by atoms with van der Waals surface area (Å²) in [5, 5.41) is 5.64. The highest BCUT2D eigenvalue weighted by Gasteiger charge is 2.59. The Hall–Kier alpha value is -1.97. The number of ether oxygens (including phenoxy) is 4. The maximum absolute atomic E-state index is 12.7. The smallest absolute Gasteiger partial charge is 0.407 e. The number of fused-ring (bicyclic) bond motifs is 5. The van der Waals surface area contributed by atoms with E-state index in [1.165, 1.54) is 58.3 Å². The second kappa shape index (κ2) is 23.2. The molecule has 0 spiro atoms. The van der Waals surface area contributed by atoms with Crippen LogP contribution in [0.4, 0.5) is 4.79 Å². The van der Waals surface area contributed by atoms with Crippen molar-refractivity contribution in [3.8, 4) is 0 Å². The van der Waals surface area contributed by atoms with E-state index in [4.69, 9.17) is 18.9 Å². The van der Waals surface area contributed by atoms with Crippen molar-refractivity contribution < 1.29 is 39.0 Å². The van der Waals surface area contributed by atoms with E-state index in [0.29, 0.717) is 64.6 Å². The van der Waals surface area contributed by atoms with Crippen LogP contribution in [0, 0.1) is 46.3 Å². The Balaban J connectivity index is 0.